The summed E-state index contributed by atoms with van der Waals surface area (Å²) >= 11 is 0. The maximum absolute atomic E-state index is 11.8. The molecule has 0 aliphatic heterocycles. The van der Waals surface area contributed by atoms with Gasteiger partial charge in [0.25, 0.3) is 0 Å². The Hall–Kier alpha value is -1.84. The molecule has 0 bridgehead atoms. The lowest BCUT2D eigenvalue weighted by Gasteiger charge is -2.25. The smallest absolute Gasteiger partial charge is 0.407 e. The highest BCUT2D eigenvalue weighted by Crippen LogP contribution is 2.12. The van der Waals surface area contributed by atoms with Crippen LogP contribution in [0.25, 0.3) is 0 Å². The van der Waals surface area contributed by atoms with Gasteiger partial charge in [0, 0.05) is 12.0 Å². The van der Waals surface area contributed by atoms with Gasteiger partial charge in [-0.2, -0.15) is 0 Å². The van der Waals surface area contributed by atoms with Crippen molar-refractivity contribution in [3.63, 3.8) is 0 Å². The van der Waals surface area contributed by atoms with Crippen LogP contribution >= 0.6 is 0 Å². The summed E-state index contributed by atoms with van der Waals surface area (Å²) in [6, 6.07) is 9.48. The van der Waals surface area contributed by atoms with Gasteiger partial charge in [-0.15, -0.1) is 0 Å². The summed E-state index contributed by atoms with van der Waals surface area (Å²) in [6.45, 7) is 7.21. The molecule has 110 valence electrons. The highest BCUT2D eigenvalue weighted by molar-refractivity contribution is 5.69. The Balaban J connectivity index is 2.70. The Morgan fingerprint density at radius 2 is 1.90 bits per heavy atom. The van der Waals surface area contributed by atoms with Crippen LogP contribution in [-0.4, -0.2) is 24.0 Å². The lowest BCUT2D eigenvalue weighted by molar-refractivity contribution is -0.111. The number of rotatable bonds is 5. The topological polar surface area (TPSA) is 55.4 Å². The minimum absolute atomic E-state index is 0.273. The third kappa shape index (κ3) is 5.87. The summed E-state index contributed by atoms with van der Waals surface area (Å²) < 4.78 is 5.23. The molecule has 4 heteroatoms. The summed E-state index contributed by atoms with van der Waals surface area (Å²) in [5.41, 5.74) is 0.522. The minimum Gasteiger partial charge on any atom is -0.444 e. The number of carbonyl (C=O) groups excluding carboxylic acids is 2. The maximum atomic E-state index is 11.8. The molecule has 0 aliphatic carbocycles. The van der Waals surface area contributed by atoms with Gasteiger partial charge in [-0.25, -0.2) is 4.79 Å². The molecular weight excluding hydrogens is 254 g/mol. The largest absolute Gasteiger partial charge is 0.444 e. The van der Waals surface area contributed by atoms with E-state index in [1.807, 2.05) is 51.1 Å². The third-order valence-corrected chi connectivity index (χ3v) is 2.85. The highest BCUT2D eigenvalue weighted by Gasteiger charge is 2.23. The Morgan fingerprint density at radius 3 is 2.40 bits per heavy atom. The van der Waals surface area contributed by atoms with Gasteiger partial charge < -0.3 is 14.8 Å². The molecule has 2 unspecified atom stereocenters. The van der Waals surface area contributed by atoms with E-state index >= 15 is 0 Å². The Morgan fingerprint density at radius 1 is 1.30 bits per heavy atom. The van der Waals surface area contributed by atoms with E-state index in [9.17, 15) is 9.59 Å². The van der Waals surface area contributed by atoms with E-state index < -0.39 is 11.7 Å². The molecule has 1 amide bonds. The normalized spacial score (nSPS) is 14.2. The Labute approximate surface area is 120 Å². The van der Waals surface area contributed by atoms with E-state index in [0.717, 1.165) is 11.8 Å². The van der Waals surface area contributed by atoms with E-state index in [2.05, 4.69) is 5.32 Å². The molecule has 0 saturated carbocycles. The number of hydrogen-bond acceptors (Lipinski definition) is 3. The second-order valence-corrected chi connectivity index (χ2v) is 5.94. The van der Waals surface area contributed by atoms with E-state index in [-0.39, 0.29) is 12.0 Å². The van der Waals surface area contributed by atoms with Crippen LogP contribution in [0.5, 0.6) is 0 Å². The van der Waals surface area contributed by atoms with Crippen molar-refractivity contribution in [2.75, 3.05) is 0 Å². The van der Waals surface area contributed by atoms with Crippen LogP contribution in [0.1, 0.15) is 33.3 Å². The standard InChI is InChI=1S/C16H23NO3/c1-12(11-18)14(10-13-8-6-5-7-9-13)17-15(19)20-16(2,3)4/h5-9,11-12,14H,10H2,1-4H3,(H,17,19). The van der Waals surface area contributed by atoms with Crippen molar-refractivity contribution >= 4 is 12.4 Å². The van der Waals surface area contributed by atoms with Crippen molar-refractivity contribution in [2.24, 2.45) is 5.92 Å². The summed E-state index contributed by atoms with van der Waals surface area (Å²) in [7, 11) is 0. The zero-order chi connectivity index (χ0) is 15.2. The molecule has 0 spiro atoms. The molecular formula is C16H23NO3. The number of nitrogens with one attached hydrogen (secondary N) is 1. The van der Waals surface area contributed by atoms with Crippen molar-refractivity contribution in [1.29, 1.82) is 0 Å². The first-order chi connectivity index (χ1) is 9.31. The van der Waals surface area contributed by atoms with Crippen LogP contribution in [0.4, 0.5) is 4.79 Å². The number of benzene rings is 1. The summed E-state index contributed by atoms with van der Waals surface area (Å²) in [4.78, 5) is 22.8. The molecule has 1 rings (SSSR count). The van der Waals surface area contributed by atoms with Crippen molar-refractivity contribution < 1.29 is 14.3 Å². The van der Waals surface area contributed by atoms with Gasteiger partial charge in [0.1, 0.15) is 11.9 Å². The van der Waals surface area contributed by atoms with Gasteiger partial charge in [0.05, 0.1) is 0 Å². The number of amides is 1. The summed E-state index contributed by atoms with van der Waals surface area (Å²) in [5, 5.41) is 2.78. The third-order valence-electron chi connectivity index (χ3n) is 2.85. The fraction of sp³-hybridized carbons (Fsp3) is 0.500. The van der Waals surface area contributed by atoms with Crippen LogP contribution < -0.4 is 5.32 Å². The molecule has 2 atom stereocenters. The number of alkyl carbamates (subject to hydrolysis) is 1. The number of aldehydes is 1. The first-order valence-corrected chi connectivity index (χ1v) is 6.80. The fourth-order valence-corrected chi connectivity index (χ4v) is 1.79. The second-order valence-electron chi connectivity index (χ2n) is 5.94. The van der Waals surface area contributed by atoms with Gasteiger partial charge in [-0.3, -0.25) is 0 Å². The quantitative estimate of drug-likeness (QED) is 0.842. The zero-order valence-electron chi connectivity index (χ0n) is 12.6. The highest BCUT2D eigenvalue weighted by atomic mass is 16.6. The van der Waals surface area contributed by atoms with Gasteiger partial charge in [0.15, 0.2) is 0 Å². The molecule has 0 heterocycles. The van der Waals surface area contributed by atoms with Crippen LogP contribution in [0.3, 0.4) is 0 Å². The van der Waals surface area contributed by atoms with Gasteiger partial charge in [-0.1, -0.05) is 37.3 Å². The number of ether oxygens (including phenoxy) is 1. The SMILES string of the molecule is CC(C=O)C(Cc1ccccc1)NC(=O)OC(C)(C)C. The Kier molecular flexibility index (Phi) is 5.74. The lowest BCUT2D eigenvalue weighted by atomic mass is 9.96. The molecule has 1 N–H and O–H groups in total. The first-order valence-electron chi connectivity index (χ1n) is 6.80. The maximum Gasteiger partial charge on any atom is 0.407 e. The van der Waals surface area contributed by atoms with Gasteiger partial charge in [-0.05, 0) is 32.8 Å². The molecule has 0 saturated heterocycles. The van der Waals surface area contributed by atoms with Crippen molar-refractivity contribution in [3.05, 3.63) is 35.9 Å². The van der Waals surface area contributed by atoms with Crippen molar-refractivity contribution in [1.82, 2.24) is 5.32 Å². The van der Waals surface area contributed by atoms with E-state index in [0.29, 0.717) is 6.42 Å². The molecule has 0 radical (unpaired) electrons. The molecule has 4 nitrogen and oxygen atoms in total. The predicted molar refractivity (Wildman–Crippen MR) is 78.5 cm³/mol. The van der Waals surface area contributed by atoms with Crippen molar-refractivity contribution in [3.8, 4) is 0 Å². The van der Waals surface area contributed by atoms with Crippen LogP contribution in [-0.2, 0) is 16.0 Å². The van der Waals surface area contributed by atoms with Gasteiger partial charge in [0.2, 0.25) is 0 Å². The van der Waals surface area contributed by atoms with E-state index in [1.165, 1.54) is 0 Å². The van der Waals surface area contributed by atoms with Crippen molar-refractivity contribution in [2.45, 2.75) is 45.8 Å². The average Bonchev–Trinajstić information content (AvgIpc) is 2.36. The van der Waals surface area contributed by atoms with Gasteiger partial charge >= 0.3 is 6.09 Å². The number of carbonyl (C=O) groups is 2. The molecule has 20 heavy (non-hydrogen) atoms. The van der Waals surface area contributed by atoms with E-state index in [1.54, 1.807) is 6.92 Å². The number of hydrogen-bond donors (Lipinski definition) is 1. The van der Waals surface area contributed by atoms with E-state index in [4.69, 9.17) is 4.74 Å². The predicted octanol–water partition coefficient (Wildman–Crippen LogP) is 2.96. The fourth-order valence-electron chi connectivity index (χ4n) is 1.79. The molecule has 0 fully saturated rings. The molecule has 0 aromatic heterocycles. The molecule has 1 aromatic carbocycles. The molecule has 1 aromatic rings. The van der Waals surface area contributed by atoms with Crippen LogP contribution in [0, 0.1) is 5.92 Å². The zero-order valence-corrected chi connectivity index (χ0v) is 12.6. The molecule has 0 aliphatic rings. The minimum atomic E-state index is -0.550. The van der Waals surface area contributed by atoms with Crippen LogP contribution in [0.15, 0.2) is 30.3 Å². The average molecular weight is 277 g/mol. The monoisotopic (exact) mass is 277 g/mol. The lowest BCUT2D eigenvalue weighted by Crippen LogP contribution is -2.44. The second kappa shape index (κ2) is 7.08. The first kappa shape index (κ1) is 16.2. The Bertz CT molecular complexity index is 437. The van der Waals surface area contributed by atoms with Crippen LogP contribution in [0.2, 0.25) is 0 Å². The summed E-state index contributed by atoms with van der Waals surface area (Å²) in [5.74, 6) is -0.275. The summed E-state index contributed by atoms with van der Waals surface area (Å²) in [6.07, 6.45) is 0.956.